The fraction of sp³-hybridized carbons (Fsp3) is 0.857. The Morgan fingerprint density at radius 3 is 2.80 bits per heavy atom. The third kappa shape index (κ3) is 5.56. The molecule has 3 nitrogen and oxygen atoms in total. The van der Waals surface area contributed by atoms with Crippen molar-refractivity contribution in [3.05, 3.63) is 0 Å². The van der Waals surface area contributed by atoms with Crippen LogP contribution in [-0.4, -0.2) is 37.9 Å². The van der Waals surface area contributed by atoms with Gasteiger partial charge in [0.2, 0.25) is 0 Å². The van der Waals surface area contributed by atoms with E-state index in [2.05, 4.69) is 17.3 Å². The molecule has 0 atom stereocenters. The van der Waals surface area contributed by atoms with Crippen molar-refractivity contribution in [1.29, 1.82) is 0 Å². The van der Waals surface area contributed by atoms with Crippen LogP contribution in [0.1, 0.15) is 13.8 Å². The first-order valence-electron chi connectivity index (χ1n) is 3.71. The summed E-state index contributed by atoms with van der Waals surface area (Å²) in [5, 5.41) is 9.21. The zero-order chi connectivity index (χ0) is 7.82. The van der Waals surface area contributed by atoms with Gasteiger partial charge in [-0.25, -0.2) is 0 Å². The number of rotatable bonds is 5. The van der Waals surface area contributed by atoms with E-state index < -0.39 is 0 Å². The maximum atomic E-state index is 4.06. The Morgan fingerprint density at radius 1 is 1.60 bits per heavy atom. The van der Waals surface area contributed by atoms with Crippen molar-refractivity contribution in [3.8, 4) is 0 Å². The molecule has 0 saturated carbocycles. The molecule has 0 heterocycles. The van der Waals surface area contributed by atoms with E-state index in [4.69, 9.17) is 0 Å². The average molecular weight is 143 g/mol. The normalized spacial score (nSPS) is 10.7. The third-order valence-corrected chi connectivity index (χ3v) is 1.17. The van der Waals surface area contributed by atoms with Crippen LogP contribution in [0, 0.1) is 0 Å². The second-order valence-electron chi connectivity index (χ2n) is 2.11. The molecule has 0 aromatic carbocycles. The molecule has 0 spiro atoms. The minimum Gasteiger partial charge on any atom is -0.315 e. The van der Waals surface area contributed by atoms with E-state index in [-0.39, 0.29) is 0 Å². The summed E-state index contributed by atoms with van der Waals surface area (Å²) in [7, 11) is 1.97. The summed E-state index contributed by atoms with van der Waals surface area (Å²) in [6, 6.07) is 0. The molecule has 0 amide bonds. The van der Waals surface area contributed by atoms with Gasteiger partial charge in [0.25, 0.3) is 0 Å². The van der Waals surface area contributed by atoms with Crippen LogP contribution in [0.15, 0.2) is 5.10 Å². The number of hydrogen-bond donors (Lipinski definition) is 1. The van der Waals surface area contributed by atoms with Crippen molar-refractivity contribution in [2.45, 2.75) is 13.8 Å². The maximum Gasteiger partial charge on any atom is 0.0481 e. The lowest BCUT2D eigenvalue weighted by Crippen LogP contribution is -2.25. The van der Waals surface area contributed by atoms with Gasteiger partial charge in [-0.2, -0.15) is 5.10 Å². The molecule has 0 radical (unpaired) electrons. The van der Waals surface area contributed by atoms with E-state index in [0.29, 0.717) is 0 Å². The Bertz CT molecular complexity index is 90.9. The van der Waals surface area contributed by atoms with Gasteiger partial charge in [0.05, 0.1) is 0 Å². The van der Waals surface area contributed by atoms with Gasteiger partial charge < -0.3 is 5.32 Å². The van der Waals surface area contributed by atoms with E-state index >= 15 is 0 Å². The Morgan fingerprint density at radius 2 is 2.30 bits per heavy atom. The summed E-state index contributed by atoms with van der Waals surface area (Å²) in [5.41, 5.74) is 0. The molecule has 0 saturated heterocycles. The maximum absolute atomic E-state index is 4.06. The van der Waals surface area contributed by atoms with E-state index in [1.807, 2.05) is 19.0 Å². The van der Waals surface area contributed by atoms with Gasteiger partial charge in [-0.3, -0.25) is 5.01 Å². The highest BCUT2D eigenvalue weighted by Crippen LogP contribution is 1.78. The predicted octanol–water partition coefficient (Wildman–Crippen LogP) is 0.533. The monoisotopic (exact) mass is 143 g/mol. The van der Waals surface area contributed by atoms with Gasteiger partial charge in [-0.05, 0) is 13.5 Å². The lowest BCUT2D eigenvalue weighted by molar-refractivity contribution is 0.353. The molecule has 0 rings (SSSR count). The molecule has 3 heteroatoms. The second kappa shape index (κ2) is 6.55. The van der Waals surface area contributed by atoms with E-state index in [1.165, 1.54) is 0 Å². The second-order valence-corrected chi connectivity index (χ2v) is 2.11. The summed E-state index contributed by atoms with van der Waals surface area (Å²) < 4.78 is 0. The first-order valence-corrected chi connectivity index (χ1v) is 3.71. The molecule has 0 fully saturated rings. The van der Waals surface area contributed by atoms with Gasteiger partial charge in [-0.15, -0.1) is 0 Å². The van der Waals surface area contributed by atoms with Crippen LogP contribution in [-0.2, 0) is 0 Å². The van der Waals surface area contributed by atoms with E-state index in [9.17, 15) is 0 Å². The topological polar surface area (TPSA) is 27.6 Å². The molecular weight excluding hydrogens is 126 g/mol. The van der Waals surface area contributed by atoms with Crippen LogP contribution >= 0.6 is 0 Å². The highest BCUT2D eigenvalue weighted by atomic mass is 15.4. The van der Waals surface area contributed by atoms with Crippen molar-refractivity contribution in [2.24, 2.45) is 5.10 Å². The van der Waals surface area contributed by atoms with Crippen LogP contribution in [0.25, 0.3) is 0 Å². The van der Waals surface area contributed by atoms with E-state index in [0.717, 1.165) is 19.6 Å². The van der Waals surface area contributed by atoms with Crippen molar-refractivity contribution in [2.75, 3.05) is 26.7 Å². The zero-order valence-corrected chi connectivity index (χ0v) is 7.09. The Kier molecular flexibility index (Phi) is 6.18. The minimum absolute atomic E-state index is 0.970. The molecule has 10 heavy (non-hydrogen) atoms. The summed E-state index contributed by atoms with van der Waals surface area (Å²) in [6.45, 7) is 7.03. The molecule has 60 valence electrons. The quantitative estimate of drug-likeness (QED) is 0.345. The summed E-state index contributed by atoms with van der Waals surface area (Å²) in [4.78, 5) is 0. The van der Waals surface area contributed by atoms with Gasteiger partial charge in [0.1, 0.15) is 0 Å². The van der Waals surface area contributed by atoms with Crippen LogP contribution in [0.3, 0.4) is 0 Å². The van der Waals surface area contributed by atoms with Crippen molar-refractivity contribution >= 4 is 6.21 Å². The fourth-order valence-electron chi connectivity index (χ4n) is 0.672. The molecule has 1 N–H and O–H groups in total. The third-order valence-electron chi connectivity index (χ3n) is 1.17. The van der Waals surface area contributed by atoms with Crippen molar-refractivity contribution in [3.63, 3.8) is 0 Å². The molecule has 0 aliphatic heterocycles. The SMILES string of the molecule is C/C=N/N(C)CCNCC. The number of nitrogens with zero attached hydrogens (tertiary/aromatic N) is 2. The standard InChI is InChI=1S/C7H17N3/c1-4-8-6-7-10(3)9-5-2/h5,8H,4,6-7H2,1-3H3/b9-5+. The number of nitrogens with one attached hydrogen (secondary N) is 1. The zero-order valence-electron chi connectivity index (χ0n) is 7.09. The van der Waals surface area contributed by atoms with Crippen LogP contribution in [0.5, 0.6) is 0 Å². The predicted molar refractivity (Wildman–Crippen MR) is 45.3 cm³/mol. The molecule has 0 aromatic heterocycles. The van der Waals surface area contributed by atoms with Crippen LogP contribution in [0.2, 0.25) is 0 Å². The van der Waals surface area contributed by atoms with Crippen LogP contribution < -0.4 is 5.32 Å². The lowest BCUT2D eigenvalue weighted by Gasteiger charge is -2.11. The van der Waals surface area contributed by atoms with Gasteiger partial charge in [-0.1, -0.05) is 6.92 Å². The Hall–Kier alpha value is -0.570. The highest BCUT2D eigenvalue weighted by molar-refractivity contribution is 5.52. The van der Waals surface area contributed by atoms with Gasteiger partial charge >= 0.3 is 0 Å². The summed E-state index contributed by atoms with van der Waals surface area (Å²) in [5.74, 6) is 0. The van der Waals surface area contributed by atoms with E-state index in [1.54, 1.807) is 6.21 Å². The molecule has 0 aliphatic rings. The summed E-state index contributed by atoms with van der Waals surface area (Å²) >= 11 is 0. The average Bonchev–Trinajstić information content (AvgIpc) is 1.89. The van der Waals surface area contributed by atoms with Crippen molar-refractivity contribution < 1.29 is 0 Å². The molecule has 0 bridgehead atoms. The molecular formula is C7H17N3. The fourth-order valence-corrected chi connectivity index (χ4v) is 0.672. The van der Waals surface area contributed by atoms with Gasteiger partial charge in [0.15, 0.2) is 0 Å². The smallest absolute Gasteiger partial charge is 0.0481 e. The molecule has 0 aromatic rings. The molecule has 0 unspecified atom stereocenters. The van der Waals surface area contributed by atoms with Gasteiger partial charge in [0, 0.05) is 26.4 Å². The Labute approximate surface area is 63.1 Å². The Balaban J connectivity index is 3.13. The van der Waals surface area contributed by atoms with Crippen LogP contribution in [0.4, 0.5) is 0 Å². The number of hydrogen-bond acceptors (Lipinski definition) is 3. The van der Waals surface area contributed by atoms with Crippen molar-refractivity contribution in [1.82, 2.24) is 10.3 Å². The largest absolute Gasteiger partial charge is 0.315 e. The molecule has 0 aliphatic carbocycles. The first kappa shape index (κ1) is 9.43. The number of likely N-dealkylation sites (N-methyl/N-ethyl adjacent to an activating group) is 2. The highest BCUT2D eigenvalue weighted by Gasteiger charge is 1.88. The first-order chi connectivity index (χ1) is 4.81. The lowest BCUT2D eigenvalue weighted by atomic mass is 10.6. The number of hydrazone groups is 1. The summed E-state index contributed by atoms with van der Waals surface area (Å²) in [6.07, 6.45) is 1.80. The minimum atomic E-state index is 0.970.